The first-order chi connectivity index (χ1) is 18.0. The lowest BCUT2D eigenvalue weighted by molar-refractivity contribution is 0.0497. The van der Waals surface area contributed by atoms with Gasteiger partial charge in [0.2, 0.25) is 5.95 Å². The summed E-state index contributed by atoms with van der Waals surface area (Å²) in [7, 11) is 1.65. The van der Waals surface area contributed by atoms with E-state index in [-0.39, 0.29) is 17.2 Å². The molecular formula is C28H29ClFN5O3. The summed E-state index contributed by atoms with van der Waals surface area (Å²) in [5.41, 5.74) is 0.610. The number of anilines is 1. The van der Waals surface area contributed by atoms with Crippen molar-refractivity contribution in [1.29, 1.82) is 5.26 Å². The number of carbonyl (C=O) groups excluding carboxylic acids is 1. The van der Waals surface area contributed by atoms with E-state index >= 15 is 0 Å². The van der Waals surface area contributed by atoms with Gasteiger partial charge in [-0.25, -0.2) is 14.2 Å². The third-order valence-electron chi connectivity index (χ3n) is 6.26. The van der Waals surface area contributed by atoms with Gasteiger partial charge in [-0.2, -0.15) is 5.26 Å². The van der Waals surface area contributed by atoms with Crippen LogP contribution in [0.15, 0.2) is 47.3 Å². The van der Waals surface area contributed by atoms with Crippen LogP contribution in [0.5, 0.6) is 0 Å². The van der Waals surface area contributed by atoms with E-state index in [0.29, 0.717) is 59.3 Å². The predicted octanol–water partition coefficient (Wildman–Crippen LogP) is 5.27. The summed E-state index contributed by atoms with van der Waals surface area (Å²) >= 11 is 6.06. The van der Waals surface area contributed by atoms with Crippen LogP contribution in [-0.4, -0.2) is 40.4 Å². The molecule has 4 rings (SSSR count). The summed E-state index contributed by atoms with van der Waals surface area (Å²) < 4.78 is 21.4. The molecule has 1 fully saturated rings. The molecule has 8 nitrogen and oxygen atoms in total. The Hall–Kier alpha value is -3.90. The maximum absolute atomic E-state index is 14.6. The average molecular weight is 538 g/mol. The molecule has 38 heavy (non-hydrogen) atoms. The second-order valence-corrected chi connectivity index (χ2v) is 10.7. The van der Waals surface area contributed by atoms with Gasteiger partial charge >= 0.3 is 6.09 Å². The molecule has 1 saturated heterocycles. The highest BCUT2D eigenvalue weighted by atomic mass is 35.5. The first-order valence-electron chi connectivity index (χ1n) is 12.3. The van der Waals surface area contributed by atoms with Crippen molar-refractivity contribution >= 4 is 23.6 Å². The standard InChI is InChI=1S/C28H29ClFN5O3/c1-28(2,3)38-27(37)32-21-11-13-35(14-12-21)26-33-24(18-5-6-19(16-31)22(30)15-18)23(25(36)34(26)4)17-7-9-20(29)10-8-17/h5-10,15,21H,11-14H2,1-4H3,(H,32,37). The molecule has 0 radical (unpaired) electrons. The number of carbonyl (C=O) groups is 1. The zero-order valence-electron chi connectivity index (χ0n) is 21.7. The number of nitrogens with zero attached hydrogens (tertiary/aromatic N) is 4. The third-order valence-corrected chi connectivity index (χ3v) is 6.51. The molecule has 2 aromatic carbocycles. The number of halogens is 2. The lowest BCUT2D eigenvalue weighted by Gasteiger charge is -2.34. The Kier molecular flexibility index (Phi) is 7.74. The summed E-state index contributed by atoms with van der Waals surface area (Å²) in [6.07, 6.45) is 0.808. The van der Waals surface area contributed by atoms with Crippen LogP contribution in [0.2, 0.25) is 5.02 Å². The van der Waals surface area contributed by atoms with Gasteiger partial charge in [0.05, 0.1) is 16.8 Å². The molecule has 0 aliphatic carbocycles. The van der Waals surface area contributed by atoms with Crippen molar-refractivity contribution in [3.05, 3.63) is 69.2 Å². The number of alkyl carbamates (subject to hydrolysis) is 1. The number of nitriles is 1. The molecule has 10 heteroatoms. The van der Waals surface area contributed by atoms with Crippen LogP contribution in [0.25, 0.3) is 22.4 Å². The summed E-state index contributed by atoms with van der Waals surface area (Å²) in [6, 6.07) is 12.7. The molecule has 0 spiro atoms. The largest absolute Gasteiger partial charge is 0.444 e. The topological polar surface area (TPSA) is 100 Å². The summed E-state index contributed by atoms with van der Waals surface area (Å²) in [6.45, 7) is 6.52. The minimum atomic E-state index is -0.690. The van der Waals surface area contributed by atoms with Crippen molar-refractivity contribution in [1.82, 2.24) is 14.9 Å². The molecule has 0 atom stereocenters. The van der Waals surface area contributed by atoms with Gasteiger partial charge in [0.1, 0.15) is 17.5 Å². The SMILES string of the molecule is Cn1c(N2CCC(NC(=O)OC(C)(C)C)CC2)nc(-c2ccc(C#N)c(F)c2)c(-c2ccc(Cl)cc2)c1=O. The van der Waals surface area contributed by atoms with E-state index < -0.39 is 17.5 Å². The smallest absolute Gasteiger partial charge is 0.407 e. The minimum Gasteiger partial charge on any atom is -0.444 e. The van der Waals surface area contributed by atoms with Gasteiger partial charge in [0, 0.05) is 36.8 Å². The summed E-state index contributed by atoms with van der Waals surface area (Å²) in [5.74, 6) is -0.256. The number of aromatic nitrogens is 2. The van der Waals surface area contributed by atoms with Crippen LogP contribution >= 0.6 is 11.6 Å². The number of hydrogen-bond donors (Lipinski definition) is 1. The number of hydrogen-bond acceptors (Lipinski definition) is 6. The molecule has 1 amide bonds. The fourth-order valence-corrected chi connectivity index (χ4v) is 4.54. The predicted molar refractivity (Wildman–Crippen MR) is 145 cm³/mol. The molecule has 1 aliphatic rings. The summed E-state index contributed by atoms with van der Waals surface area (Å²) in [5, 5.41) is 12.6. The first-order valence-corrected chi connectivity index (χ1v) is 12.7. The van der Waals surface area contributed by atoms with Gasteiger partial charge < -0.3 is 15.0 Å². The monoisotopic (exact) mass is 537 g/mol. The first kappa shape index (κ1) is 27.1. The molecule has 1 aliphatic heterocycles. The molecule has 198 valence electrons. The van der Waals surface area contributed by atoms with Crippen molar-refractivity contribution in [2.45, 2.75) is 45.3 Å². The highest BCUT2D eigenvalue weighted by molar-refractivity contribution is 6.30. The van der Waals surface area contributed by atoms with Gasteiger partial charge in [0.25, 0.3) is 5.56 Å². The van der Waals surface area contributed by atoms with Gasteiger partial charge in [-0.05, 0) is 63.4 Å². The molecule has 1 N–H and O–H groups in total. The fraction of sp³-hybridized carbons (Fsp3) is 0.357. The molecule has 0 saturated carbocycles. The normalized spacial score (nSPS) is 14.2. The maximum atomic E-state index is 14.6. The Balaban J connectivity index is 1.70. The lowest BCUT2D eigenvalue weighted by atomic mass is 9.99. The molecule has 3 aromatic rings. The molecule has 1 aromatic heterocycles. The van der Waals surface area contributed by atoms with E-state index in [1.807, 2.05) is 31.7 Å². The van der Waals surface area contributed by atoms with E-state index in [1.54, 1.807) is 37.4 Å². The van der Waals surface area contributed by atoms with E-state index in [2.05, 4.69) is 5.32 Å². The van der Waals surface area contributed by atoms with Gasteiger partial charge in [-0.3, -0.25) is 9.36 Å². The number of ether oxygens (including phenoxy) is 1. The van der Waals surface area contributed by atoms with Gasteiger partial charge in [-0.1, -0.05) is 29.8 Å². The lowest BCUT2D eigenvalue weighted by Crippen LogP contribution is -2.47. The Labute approximate surface area is 225 Å². The second-order valence-electron chi connectivity index (χ2n) is 10.2. The second kappa shape index (κ2) is 10.8. The van der Waals surface area contributed by atoms with Crippen LogP contribution < -0.4 is 15.8 Å². The average Bonchev–Trinajstić information content (AvgIpc) is 2.85. The Morgan fingerprint density at radius 3 is 2.37 bits per heavy atom. The van der Waals surface area contributed by atoms with E-state index in [4.69, 9.17) is 26.6 Å². The third kappa shape index (κ3) is 5.97. The Morgan fingerprint density at radius 1 is 1.16 bits per heavy atom. The highest BCUT2D eigenvalue weighted by Gasteiger charge is 2.27. The number of piperidine rings is 1. The van der Waals surface area contributed by atoms with E-state index in [9.17, 15) is 14.0 Å². The van der Waals surface area contributed by atoms with Gasteiger partial charge in [-0.15, -0.1) is 0 Å². The van der Waals surface area contributed by atoms with Crippen molar-refractivity contribution in [3.8, 4) is 28.5 Å². The Morgan fingerprint density at radius 2 is 1.79 bits per heavy atom. The van der Waals surface area contributed by atoms with E-state index in [0.717, 1.165) is 0 Å². The fourth-order valence-electron chi connectivity index (χ4n) is 4.41. The maximum Gasteiger partial charge on any atom is 0.407 e. The minimum absolute atomic E-state index is 0.0708. The van der Waals surface area contributed by atoms with E-state index in [1.165, 1.54) is 16.7 Å². The molecule has 0 bridgehead atoms. The Bertz CT molecular complexity index is 1450. The molecular weight excluding hydrogens is 509 g/mol. The van der Waals surface area contributed by atoms with Crippen LogP contribution in [0.4, 0.5) is 15.1 Å². The zero-order chi connectivity index (χ0) is 27.6. The van der Waals surface area contributed by atoms with Gasteiger partial charge in [0.15, 0.2) is 0 Å². The summed E-state index contributed by atoms with van der Waals surface area (Å²) in [4.78, 5) is 32.7. The number of rotatable bonds is 4. The number of nitrogens with one attached hydrogen (secondary N) is 1. The van der Waals surface area contributed by atoms with Crippen LogP contribution in [0.1, 0.15) is 39.2 Å². The highest BCUT2D eigenvalue weighted by Crippen LogP contribution is 2.32. The molecule has 0 unspecified atom stereocenters. The van der Waals surface area contributed by atoms with Crippen LogP contribution in [-0.2, 0) is 11.8 Å². The number of amides is 1. The molecule has 2 heterocycles. The van der Waals surface area contributed by atoms with Crippen molar-refractivity contribution in [2.75, 3.05) is 18.0 Å². The van der Waals surface area contributed by atoms with Crippen molar-refractivity contribution in [3.63, 3.8) is 0 Å². The van der Waals surface area contributed by atoms with Crippen molar-refractivity contribution in [2.24, 2.45) is 7.05 Å². The van der Waals surface area contributed by atoms with Crippen LogP contribution in [0, 0.1) is 17.1 Å². The van der Waals surface area contributed by atoms with Crippen LogP contribution in [0.3, 0.4) is 0 Å². The quantitative estimate of drug-likeness (QED) is 0.486. The number of benzene rings is 2. The van der Waals surface area contributed by atoms with Crippen molar-refractivity contribution < 1.29 is 13.9 Å². The zero-order valence-corrected chi connectivity index (χ0v) is 22.5.